The molecule has 0 spiro atoms. The standard InChI is InChI=1S/C27H28F2N4O4/c28-26(29)37-21-3-1-18(2-4-21)20-11-19-12-22(24(34)31-27-13-17(14-27)15-27)25(35)33(23(19)30-16-20)6-5-32-7-9-36-10-8-32/h1-4,11-12,16-17,26H,5-10,13-15H2,(H,31,34). The number of alkyl halides is 2. The Balaban J connectivity index is 1.34. The van der Waals surface area contributed by atoms with Crippen molar-refractivity contribution < 1.29 is 23.0 Å². The first-order chi connectivity index (χ1) is 17.9. The van der Waals surface area contributed by atoms with E-state index in [1.54, 1.807) is 29.0 Å². The van der Waals surface area contributed by atoms with Crippen LogP contribution in [0.25, 0.3) is 22.2 Å². The second-order valence-electron chi connectivity index (χ2n) is 10.2. The van der Waals surface area contributed by atoms with Crippen molar-refractivity contribution in [1.82, 2.24) is 19.8 Å². The summed E-state index contributed by atoms with van der Waals surface area (Å²) in [5.74, 6) is 0.424. The molecule has 1 saturated heterocycles. The van der Waals surface area contributed by atoms with Gasteiger partial charge in [-0.2, -0.15) is 8.78 Å². The van der Waals surface area contributed by atoms with Crippen LogP contribution in [0.15, 0.2) is 47.4 Å². The van der Waals surface area contributed by atoms with E-state index >= 15 is 0 Å². The van der Waals surface area contributed by atoms with Crippen LogP contribution in [0.2, 0.25) is 0 Å². The lowest BCUT2D eigenvalue weighted by molar-refractivity contribution is -0.0498. The highest BCUT2D eigenvalue weighted by molar-refractivity contribution is 5.98. The molecular formula is C27H28F2N4O4. The van der Waals surface area contributed by atoms with Crippen LogP contribution in [-0.4, -0.2) is 65.4 Å². The van der Waals surface area contributed by atoms with Crippen molar-refractivity contribution in [3.05, 3.63) is 58.5 Å². The van der Waals surface area contributed by atoms with Gasteiger partial charge in [0.1, 0.15) is 17.0 Å². The van der Waals surface area contributed by atoms with E-state index in [0.717, 1.165) is 43.5 Å². The highest BCUT2D eigenvalue weighted by atomic mass is 19.3. The molecule has 1 aromatic carbocycles. The van der Waals surface area contributed by atoms with Crippen LogP contribution in [0.3, 0.4) is 0 Å². The average molecular weight is 511 g/mol. The van der Waals surface area contributed by atoms with Gasteiger partial charge in [0, 0.05) is 48.9 Å². The number of ether oxygens (including phenoxy) is 2. The molecule has 4 fully saturated rings. The fourth-order valence-corrected chi connectivity index (χ4v) is 5.63. The molecule has 3 saturated carbocycles. The van der Waals surface area contributed by atoms with E-state index < -0.39 is 6.61 Å². The molecule has 8 nitrogen and oxygen atoms in total. The van der Waals surface area contributed by atoms with Crippen LogP contribution < -0.4 is 15.6 Å². The maximum atomic E-state index is 13.5. The number of halogens is 2. The van der Waals surface area contributed by atoms with Gasteiger partial charge in [0.15, 0.2) is 0 Å². The van der Waals surface area contributed by atoms with Gasteiger partial charge in [0.2, 0.25) is 0 Å². The number of pyridine rings is 2. The number of nitrogens with one attached hydrogen (secondary N) is 1. The van der Waals surface area contributed by atoms with Crippen molar-refractivity contribution in [2.24, 2.45) is 5.92 Å². The number of amides is 1. The van der Waals surface area contributed by atoms with Gasteiger partial charge in [-0.1, -0.05) is 12.1 Å². The zero-order chi connectivity index (χ0) is 25.6. The molecule has 0 unspecified atom stereocenters. The van der Waals surface area contributed by atoms with Crippen molar-refractivity contribution in [3.8, 4) is 16.9 Å². The number of carbonyl (C=O) groups is 1. The summed E-state index contributed by atoms with van der Waals surface area (Å²) in [4.78, 5) is 33.6. The minimum Gasteiger partial charge on any atom is -0.435 e. The largest absolute Gasteiger partial charge is 0.435 e. The molecular weight excluding hydrogens is 482 g/mol. The van der Waals surface area contributed by atoms with E-state index in [1.807, 2.05) is 6.07 Å². The summed E-state index contributed by atoms with van der Waals surface area (Å²) in [6.45, 7) is 1.05. The second kappa shape index (κ2) is 9.50. The predicted molar refractivity (Wildman–Crippen MR) is 133 cm³/mol. The Labute approximate surface area is 212 Å². The van der Waals surface area contributed by atoms with E-state index in [0.29, 0.717) is 43.3 Å². The van der Waals surface area contributed by atoms with E-state index in [2.05, 4.69) is 19.9 Å². The third-order valence-electron chi connectivity index (χ3n) is 7.74. The van der Waals surface area contributed by atoms with Crippen LogP contribution >= 0.6 is 0 Å². The molecule has 7 rings (SSSR count). The minimum absolute atomic E-state index is 0.0667. The molecule has 2 bridgehead atoms. The molecule has 0 radical (unpaired) electrons. The Morgan fingerprint density at radius 3 is 2.49 bits per heavy atom. The van der Waals surface area contributed by atoms with Gasteiger partial charge < -0.3 is 14.8 Å². The van der Waals surface area contributed by atoms with Gasteiger partial charge in [-0.15, -0.1) is 0 Å². The number of aromatic nitrogens is 2. The smallest absolute Gasteiger partial charge is 0.387 e. The van der Waals surface area contributed by atoms with Gasteiger partial charge in [0.25, 0.3) is 11.5 Å². The number of morpholine rings is 1. The average Bonchev–Trinajstić information content (AvgIpc) is 2.85. The SMILES string of the molecule is O=C(NC12CC(C1)C2)c1cc2cc(-c3ccc(OC(F)F)cc3)cnc2n(CCN2CCOCC2)c1=O. The third kappa shape index (κ3) is 4.71. The normalized spacial score (nSPS) is 22.9. The highest BCUT2D eigenvalue weighted by Crippen LogP contribution is 2.56. The summed E-state index contributed by atoms with van der Waals surface area (Å²) in [7, 11) is 0. The molecule has 10 heteroatoms. The maximum absolute atomic E-state index is 13.5. The van der Waals surface area contributed by atoms with Gasteiger partial charge >= 0.3 is 6.61 Å². The number of hydrogen-bond donors (Lipinski definition) is 1. The van der Waals surface area contributed by atoms with Gasteiger partial charge in [0.05, 0.1) is 13.2 Å². The van der Waals surface area contributed by atoms with Crippen molar-refractivity contribution in [2.75, 3.05) is 32.8 Å². The molecule has 3 aromatic rings. The molecule has 2 aromatic heterocycles. The summed E-state index contributed by atoms with van der Waals surface area (Å²) in [5, 5.41) is 3.77. The van der Waals surface area contributed by atoms with Gasteiger partial charge in [-0.25, -0.2) is 4.98 Å². The van der Waals surface area contributed by atoms with E-state index in [4.69, 9.17) is 4.74 Å². The molecule has 3 heterocycles. The Kier molecular flexibility index (Phi) is 6.16. The highest BCUT2D eigenvalue weighted by Gasteiger charge is 2.57. The van der Waals surface area contributed by atoms with Crippen molar-refractivity contribution in [2.45, 2.75) is 38.0 Å². The quantitative estimate of drug-likeness (QED) is 0.501. The molecule has 37 heavy (non-hydrogen) atoms. The molecule has 3 aliphatic carbocycles. The summed E-state index contributed by atoms with van der Waals surface area (Å²) >= 11 is 0. The zero-order valence-corrected chi connectivity index (χ0v) is 20.3. The molecule has 0 atom stereocenters. The predicted octanol–water partition coefficient (Wildman–Crippen LogP) is 3.28. The summed E-state index contributed by atoms with van der Waals surface area (Å²) in [6.07, 6.45) is 4.59. The van der Waals surface area contributed by atoms with Crippen LogP contribution in [0.1, 0.15) is 29.6 Å². The number of nitrogens with zero attached hydrogens (tertiary/aromatic N) is 3. The fraction of sp³-hybridized carbons (Fsp3) is 0.444. The Morgan fingerprint density at radius 1 is 1.11 bits per heavy atom. The molecule has 1 aliphatic heterocycles. The number of fused-ring (bicyclic) bond motifs is 1. The van der Waals surface area contributed by atoms with Crippen LogP contribution in [0.4, 0.5) is 8.78 Å². The number of hydrogen-bond acceptors (Lipinski definition) is 6. The van der Waals surface area contributed by atoms with Crippen LogP contribution in [0.5, 0.6) is 5.75 Å². The van der Waals surface area contributed by atoms with Crippen molar-refractivity contribution in [1.29, 1.82) is 0 Å². The third-order valence-corrected chi connectivity index (χ3v) is 7.74. The summed E-state index contributed by atoms with van der Waals surface area (Å²) in [5.41, 5.74) is 1.60. The van der Waals surface area contributed by atoms with Crippen LogP contribution in [-0.2, 0) is 11.3 Å². The molecule has 1 N–H and O–H groups in total. The monoisotopic (exact) mass is 510 g/mol. The summed E-state index contributed by atoms with van der Waals surface area (Å²) in [6, 6.07) is 9.77. The first-order valence-electron chi connectivity index (χ1n) is 12.6. The second-order valence-corrected chi connectivity index (χ2v) is 10.2. The first-order valence-corrected chi connectivity index (χ1v) is 12.6. The lowest BCUT2D eigenvalue weighted by atomic mass is 9.50. The van der Waals surface area contributed by atoms with Crippen molar-refractivity contribution >= 4 is 16.9 Å². The van der Waals surface area contributed by atoms with Gasteiger partial charge in [-0.3, -0.25) is 19.1 Å². The van der Waals surface area contributed by atoms with E-state index in [1.165, 1.54) is 12.1 Å². The zero-order valence-electron chi connectivity index (χ0n) is 20.3. The van der Waals surface area contributed by atoms with Gasteiger partial charge in [-0.05, 0) is 55.0 Å². The molecule has 194 valence electrons. The number of carbonyl (C=O) groups excluding carboxylic acids is 1. The molecule has 4 aliphatic rings. The topological polar surface area (TPSA) is 85.7 Å². The van der Waals surface area contributed by atoms with E-state index in [-0.39, 0.29) is 28.3 Å². The Bertz CT molecular complexity index is 1370. The fourth-order valence-electron chi connectivity index (χ4n) is 5.63. The number of benzene rings is 1. The lowest BCUT2D eigenvalue weighted by Gasteiger charge is -2.61. The van der Waals surface area contributed by atoms with E-state index in [9.17, 15) is 18.4 Å². The Morgan fingerprint density at radius 2 is 1.84 bits per heavy atom. The first kappa shape index (κ1) is 24.0. The number of rotatable bonds is 8. The lowest BCUT2D eigenvalue weighted by Crippen LogP contribution is -2.68. The summed E-state index contributed by atoms with van der Waals surface area (Å²) < 4.78 is 36.5. The van der Waals surface area contributed by atoms with Crippen molar-refractivity contribution in [3.63, 3.8) is 0 Å². The molecule has 1 amide bonds. The van der Waals surface area contributed by atoms with Crippen LogP contribution in [0, 0.1) is 5.92 Å². The minimum atomic E-state index is -2.89. The Hall–Kier alpha value is -3.37. The maximum Gasteiger partial charge on any atom is 0.387 e.